The van der Waals surface area contributed by atoms with Crippen LogP contribution in [0, 0.1) is 12.8 Å². The Labute approximate surface area is 113 Å². The minimum atomic E-state index is -2.98. The van der Waals surface area contributed by atoms with Gasteiger partial charge in [-0.25, -0.2) is 8.42 Å². The zero-order valence-electron chi connectivity index (χ0n) is 10.8. The highest BCUT2D eigenvalue weighted by Crippen LogP contribution is 2.39. The summed E-state index contributed by atoms with van der Waals surface area (Å²) in [5.41, 5.74) is 1.11. The molecule has 0 aliphatic heterocycles. The molecular formula is C13H20O3S2. The Morgan fingerprint density at radius 3 is 2.72 bits per heavy atom. The lowest BCUT2D eigenvalue weighted by Crippen LogP contribution is -2.30. The van der Waals surface area contributed by atoms with Gasteiger partial charge < -0.3 is 5.11 Å². The predicted octanol–water partition coefficient (Wildman–Crippen LogP) is 2.69. The Kier molecular flexibility index (Phi) is 4.14. The maximum absolute atomic E-state index is 11.6. The van der Waals surface area contributed by atoms with Crippen LogP contribution in [0.1, 0.15) is 42.2 Å². The van der Waals surface area contributed by atoms with E-state index < -0.39 is 15.9 Å². The molecule has 1 heterocycles. The molecule has 3 unspecified atom stereocenters. The van der Waals surface area contributed by atoms with Crippen LogP contribution in [0.2, 0.25) is 0 Å². The first kappa shape index (κ1) is 14.0. The highest BCUT2D eigenvalue weighted by Gasteiger charge is 2.33. The van der Waals surface area contributed by atoms with Crippen molar-refractivity contribution in [1.82, 2.24) is 0 Å². The second-order valence-electron chi connectivity index (χ2n) is 5.29. The van der Waals surface area contributed by atoms with Crippen LogP contribution < -0.4 is 0 Å². The lowest BCUT2D eigenvalue weighted by molar-refractivity contribution is 0.0883. The summed E-state index contributed by atoms with van der Waals surface area (Å²) in [7, 11) is -2.98. The van der Waals surface area contributed by atoms with E-state index in [0.29, 0.717) is 6.42 Å². The molecule has 0 saturated heterocycles. The van der Waals surface area contributed by atoms with Crippen molar-refractivity contribution >= 4 is 21.2 Å². The minimum absolute atomic E-state index is 0.0795. The number of aryl methyl sites for hydroxylation is 1. The van der Waals surface area contributed by atoms with Crippen LogP contribution in [0.25, 0.3) is 0 Å². The van der Waals surface area contributed by atoms with Crippen molar-refractivity contribution in [2.45, 2.75) is 44.0 Å². The van der Waals surface area contributed by atoms with E-state index in [1.54, 1.807) is 11.3 Å². The van der Waals surface area contributed by atoms with Gasteiger partial charge in [0.15, 0.2) is 0 Å². The van der Waals surface area contributed by atoms with E-state index in [9.17, 15) is 13.5 Å². The molecule has 1 fully saturated rings. The summed E-state index contributed by atoms with van der Waals surface area (Å²) in [6.07, 6.45) is 3.95. The van der Waals surface area contributed by atoms with Gasteiger partial charge in [0.05, 0.1) is 11.4 Å². The fourth-order valence-corrected chi connectivity index (χ4v) is 4.95. The molecule has 102 valence electrons. The van der Waals surface area contributed by atoms with E-state index in [-0.39, 0.29) is 11.2 Å². The van der Waals surface area contributed by atoms with Gasteiger partial charge in [0, 0.05) is 11.1 Å². The largest absolute Gasteiger partial charge is 0.387 e. The van der Waals surface area contributed by atoms with E-state index in [2.05, 4.69) is 0 Å². The first-order valence-electron chi connectivity index (χ1n) is 6.30. The molecule has 3 nitrogen and oxygen atoms in total. The lowest BCUT2D eigenvalue weighted by atomic mass is 9.84. The molecular weight excluding hydrogens is 268 g/mol. The second kappa shape index (κ2) is 5.31. The van der Waals surface area contributed by atoms with E-state index in [1.165, 1.54) is 6.26 Å². The van der Waals surface area contributed by atoms with Crippen LogP contribution in [0.5, 0.6) is 0 Å². The van der Waals surface area contributed by atoms with Crippen molar-refractivity contribution in [3.05, 3.63) is 21.9 Å². The molecule has 0 spiro atoms. The van der Waals surface area contributed by atoms with Crippen molar-refractivity contribution in [2.75, 3.05) is 6.26 Å². The van der Waals surface area contributed by atoms with Crippen LogP contribution >= 0.6 is 11.3 Å². The summed E-state index contributed by atoms with van der Waals surface area (Å²) >= 11 is 1.56. The number of rotatable bonds is 3. The average Bonchev–Trinajstić information content (AvgIpc) is 2.73. The molecule has 5 heteroatoms. The Hall–Kier alpha value is -0.390. The summed E-state index contributed by atoms with van der Waals surface area (Å²) in [5, 5.41) is 12.1. The molecule has 2 rings (SSSR count). The fourth-order valence-electron chi connectivity index (χ4n) is 2.76. The topological polar surface area (TPSA) is 54.4 Å². The number of thiophene rings is 1. The molecule has 0 bridgehead atoms. The average molecular weight is 288 g/mol. The highest BCUT2D eigenvalue weighted by molar-refractivity contribution is 7.91. The Bertz CT molecular complexity index is 504. The monoisotopic (exact) mass is 288 g/mol. The van der Waals surface area contributed by atoms with Crippen LogP contribution in [0.15, 0.2) is 11.4 Å². The molecule has 1 aliphatic rings. The third-order valence-corrected chi connectivity index (χ3v) is 6.62. The van der Waals surface area contributed by atoms with Gasteiger partial charge in [-0.1, -0.05) is 6.42 Å². The van der Waals surface area contributed by atoms with Crippen LogP contribution in [0.3, 0.4) is 0 Å². The molecule has 0 amide bonds. The van der Waals surface area contributed by atoms with Crippen molar-refractivity contribution in [1.29, 1.82) is 0 Å². The molecule has 0 radical (unpaired) electrons. The van der Waals surface area contributed by atoms with E-state index >= 15 is 0 Å². The van der Waals surface area contributed by atoms with E-state index in [0.717, 1.165) is 29.7 Å². The van der Waals surface area contributed by atoms with Gasteiger partial charge in [-0.05, 0) is 49.1 Å². The SMILES string of the molecule is Cc1ccsc1C(O)C1CCCC(S(C)(=O)=O)C1. The van der Waals surface area contributed by atoms with Crippen molar-refractivity contribution in [3.8, 4) is 0 Å². The van der Waals surface area contributed by atoms with Gasteiger partial charge in [-0.15, -0.1) is 11.3 Å². The highest BCUT2D eigenvalue weighted by atomic mass is 32.2. The van der Waals surface area contributed by atoms with Gasteiger partial charge in [0.1, 0.15) is 9.84 Å². The Morgan fingerprint density at radius 1 is 1.44 bits per heavy atom. The van der Waals surface area contributed by atoms with Crippen molar-refractivity contribution in [3.63, 3.8) is 0 Å². The summed E-state index contributed by atoms with van der Waals surface area (Å²) in [4.78, 5) is 0.995. The molecule has 1 aromatic heterocycles. The van der Waals surface area contributed by atoms with Gasteiger partial charge in [0.2, 0.25) is 0 Å². The molecule has 1 aromatic rings. The van der Waals surface area contributed by atoms with E-state index in [4.69, 9.17) is 0 Å². The fraction of sp³-hybridized carbons (Fsp3) is 0.692. The standard InChI is InChI=1S/C13H20O3S2/c1-9-6-7-17-13(9)12(14)10-4-3-5-11(8-10)18(2,15)16/h6-7,10-12,14H,3-5,8H2,1-2H3. The van der Waals surface area contributed by atoms with E-state index in [1.807, 2.05) is 18.4 Å². The zero-order chi connectivity index (χ0) is 13.3. The lowest BCUT2D eigenvalue weighted by Gasteiger charge is -2.31. The summed E-state index contributed by atoms with van der Waals surface area (Å²) in [6.45, 7) is 1.99. The number of aliphatic hydroxyl groups excluding tert-OH is 1. The summed E-state index contributed by atoms with van der Waals surface area (Å²) in [5.74, 6) is 0.0795. The van der Waals surface area contributed by atoms with Crippen LogP contribution in [0.4, 0.5) is 0 Å². The van der Waals surface area contributed by atoms with Crippen LogP contribution in [-0.4, -0.2) is 25.0 Å². The quantitative estimate of drug-likeness (QED) is 0.930. The number of sulfone groups is 1. The molecule has 3 atom stereocenters. The van der Waals surface area contributed by atoms with Crippen LogP contribution in [-0.2, 0) is 9.84 Å². The zero-order valence-corrected chi connectivity index (χ0v) is 12.4. The number of aliphatic hydroxyl groups is 1. The molecule has 0 aromatic carbocycles. The molecule has 18 heavy (non-hydrogen) atoms. The second-order valence-corrected chi connectivity index (χ2v) is 8.56. The smallest absolute Gasteiger partial charge is 0.150 e. The van der Waals surface area contributed by atoms with Crippen molar-refractivity contribution < 1.29 is 13.5 Å². The number of hydrogen-bond donors (Lipinski definition) is 1. The maximum atomic E-state index is 11.6. The maximum Gasteiger partial charge on any atom is 0.150 e. The van der Waals surface area contributed by atoms with Crippen molar-refractivity contribution in [2.24, 2.45) is 5.92 Å². The Balaban J connectivity index is 2.12. The predicted molar refractivity (Wildman–Crippen MR) is 74.6 cm³/mol. The van der Waals surface area contributed by atoms with Gasteiger partial charge in [-0.2, -0.15) is 0 Å². The first-order valence-corrected chi connectivity index (χ1v) is 9.14. The normalized spacial score (nSPS) is 27.1. The first-order chi connectivity index (χ1) is 8.39. The third kappa shape index (κ3) is 2.95. The van der Waals surface area contributed by atoms with Gasteiger partial charge in [0.25, 0.3) is 0 Å². The van der Waals surface area contributed by atoms with Gasteiger partial charge in [-0.3, -0.25) is 0 Å². The molecule has 1 saturated carbocycles. The minimum Gasteiger partial charge on any atom is -0.387 e. The third-order valence-electron chi connectivity index (χ3n) is 3.89. The number of hydrogen-bond acceptors (Lipinski definition) is 4. The summed E-state index contributed by atoms with van der Waals surface area (Å²) < 4.78 is 23.3. The van der Waals surface area contributed by atoms with Gasteiger partial charge >= 0.3 is 0 Å². The molecule has 1 aliphatic carbocycles. The molecule has 1 N–H and O–H groups in total. The Morgan fingerprint density at radius 2 is 2.17 bits per heavy atom. The summed E-state index contributed by atoms with van der Waals surface area (Å²) in [6, 6.07) is 2.00.